The second kappa shape index (κ2) is 4.64. The monoisotopic (exact) mass is 245 g/mol. The molecule has 0 saturated heterocycles. The number of nitrogens with zero attached hydrogens (tertiary/aromatic N) is 1. The molecule has 4 nitrogen and oxygen atoms in total. The second-order valence-corrected chi connectivity index (χ2v) is 4.24. The first-order valence-corrected chi connectivity index (χ1v) is 5.84. The van der Waals surface area contributed by atoms with Crippen molar-refractivity contribution in [2.45, 2.75) is 27.2 Å². The second-order valence-electron chi connectivity index (χ2n) is 4.24. The summed E-state index contributed by atoms with van der Waals surface area (Å²) in [5, 5.41) is 13.2. The average Bonchev–Trinajstić information content (AvgIpc) is 2.76. The molecular weight excluding hydrogens is 230 g/mol. The first kappa shape index (κ1) is 12.4. The van der Waals surface area contributed by atoms with Gasteiger partial charge in [0, 0.05) is 12.0 Å². The van der Waals surface area contributed by atoms with E-state index < -0.39 is 5.97 Å². The molecule has 2 aromatic rings. The van der Waals surface area contributed by atoms with E-state index in [0.29, 0.717) is 17.9 Å². The minimum absolute atomic E-state index is 0.172. The van der Waals surface area contributed by atoms with Crippen LogP contribution in [-0.4, -0.2) is 16.2 Å². The van der Waals surface area contributed by atoms with Crippen molar-refractivity contribution in [1.29, 1.82) is 0 Å². The molecular formula is C14H15NO3. The van der Waals surface area contributed by atoms with Crippen LogP contribution in [0.2, 0.25) is 0 Å². The van der Waals surface area contributed by atoms with Crippen LogP contribution in [0.25, 0.3) is 11.3 Å². The van der Waals surface area contributed by atoms with Gasteiger partial charge in [0.15, 0.2) is 5.76 Å². The van der Waals surface area contributed by atoms with Gasteiger partial charge in [-0.05, 0) is 25.0 Å². The lowest BCUT2D eigenvalue weighted by Gasteiger charge is -2.06. The molecule has 18 heavy (non-hydrogen) atoms. The van der Waals surface area contributed by atoms with E-state index in [0.717, 1.165) is 16.7 Å². The molecule has 0 bridgehead atoms. The fraction of sp³-hybridized carbons (Fsp3) is 0.286. The number of carboxylic acid groups (broad SMARTS) is 1. The smallest absolute Gasteiger partial charge is 0.341 e. The standard InChI is InChI=1S/C14H15NO3/c1-4-11-12(14(16)17)13(15-18-11)10-7-5-6-8(2)9(10)3/h5-7H,4H2,1-3H3,(H,16,17). The number of aromatic nitrogens is 1. The Kier molecular flexibility index (Phi) is 3.19. The zero-order chi connectivity index (χ0) is 13.3. The third-order valence-electron chi connectivity index (χ3n) is 3.16. The molecule has 1 N–H and O–H groups in total. The van der Waals surface area contributed by atoms with Crippen molar-refractivity contribution in [3.05, 3.63) is 40.6 Å². The maximum atomic E-state index is 11.3. The molecule has 1 heterocycles. The summed E-state index contributed by atoms with van der Waals surface area (Å²) in [5.74, 6) is -0.581. The molecule has 0 fully saturated rings. The lowest BCUT2D eigenvalue weighted by Crippen LogP contribution is -2.01. The molecule has 0 aliphatic carbocycles. The molecule has 2 rings (SSSR count). The summed E-state index contributed by atoms with van der Waals surface area (Å²) in [4.78, 5) is 11.3. The van der Waals surface area contributed by atoms with Gasteiger partial charge in [-0.2, -0.15) is 0 Å². The van der Waals surface area contributed by atoms with Gasteiger partial charge in [0.05, 0.1) is 0 Å². The molecule has 1 aromatic heterocycles. The van der Waals surface area contributed by atoms with Gasteiger partial charge in [-0.15, -0.1) is 0 Å². The lowest BCUT2D eigenvalue weighted by atomic mass is 9.98. The predicted octanol–water partition coefficient (Wildman–Crippen LogP) is 3.22. The van der Waals surface area contributed by atoms with E-state index >= 15 is 0 Å². The van der Waals surface area contributed by atoms with Gasteiger partial charge in [0.1, 0.15) is 11.3 Å². The van der Waals surface area contributed by atoms with Crippen LogP contribution in [0.15, 0.2) is 22.7 Å². The number of aryl methyl sites for hydroxylation is 2. The van der Waals surface area contributed by atoms with Crippen LogP contribution in [-0.2, 0) is 6.42 Å². The Morgan fingerprint density at radius 1 is 1.39 bits per heavy atom. The number of carbonyl (C=O) groups is 1. The summed E-state index contributed by atoms with van der Waals surface area (Å²) in [6.45, 7) is 5.79. The summed E-state index contributed by atoms with van der Waals surface area (Å²) < 4.78 is 5.12. The van der Waals surface area contributed by atoms with E-state index in [4.69, 9.17) is 4.52 Å². The van der Waals surface area contributed by atoms with E-state index in [9.17, 15) is 9.90 Å². The number of benzene rings is 1. The van der Waals surface area contributed by atoms with E-state index in [2.05, 4.69) is 5.16 Å². The van der Waals surface area contributed by atoms with Gasteiger partial charge in [0.2, 0.25) is 0 Å². The molecule has 1 aromatic carbocycles. The molecule has 0 saturated carbocycles. The SMILES string of the molecule is CCc1onc(-c2cccc(C)c2C)c1C(=O)O. The Morgan fingerprint density at radius 3 is 2.72 bits per heavy atom. The summed E-state index contributed by atoms with van der Waals surface area (Å²) in [6, 6.07) is 5.75. The largest absolute Gasteiger partial charge is 0.477 e. The molecule has 0 aliphatic heterocycles. The van der Waals surface area contributed by atoms with Crippen molar-refractivity contribution >= 4 is 5.97 Å². The maximum Gasteiger partial charge on any atom is 0.341 e. The molecule has 0 radical (unpaired) electrons. The van der Waals surface area contributed by atoms with Crippen molar-refractivity contribution in [2.24, 2.45) is 0 Å². The Hall–Kier alpha value is -2.10. The Labute approximate surface area is 105 Å². The van der Waals surface area contributed by atoms with Gasteiger partial charge < -0.3 is 9.63 Å². The Bertz CT molecular complexity index is 599. The number of hydrogen-bond acceptors (Lipinski definition) is 3. The van der Waals surface area contributed by atoms with Crippen molar-refractivity contribution < 1.29 is 14.4 Å². The lowest BCUT2D eigenvalue weighted by molar-refractivity contribution is 0.0695. The summed E-state index contributed by atoms with van der Waals surface area (Å²) in [6.07, 6.45) is 0.513. The summed E-state index contributed by atoms with van der Waals surface area (Å²) in [7, 11) is 0. The van der Waals surface area contributed by atoms with Crippen LogP contribution in [0, 0.1) is 13.8 Å². The molecule has 0 spiro atoms. The highest BCUT2D eigenvalue weighted by Gasteiger charge is 2.23. The highest BCUT2D eigenvalue weighted by Crippen LogP contribution is 2.29. The third kappa shape index (κ3) is 1.90. The Balaban J connectivity index is 2.68. The van der Waals surface area contributed by atoms with Gasteiger partial charge in [-0.1, -0.05) is 30.3 Å². The maximum absolute atomic E-state index is 11.3. The predicted molar refractivity (Wildman–Crippen MR) is 67.8 cm³/mol. The normalized spacial score (nSPS) is 10.6. The molecule has 0 atom stereocenters. The van der Waals surface area contributed by atoms with E-state index in [1.54, 1.807) is 0 Å². The molecule has 4 heteroatoms. The van der Waals surface area contributed by atoms with Crippen LogP contribution >= 0.6 is 0 Å². The van der Waals surface area contributed by atoms with E-state index in [1.807, 2.05) is 39.0 Å². The average molecular weight is 245 g/mol. The molecule has 0 amide bonds. The van der Waals surface area contributed by atoms with Crippen molar-refractivity contribution in [3.63, 3.8) is 0 Å². The highest BCUT2D eigenvalue weighted by atomic mass is 16.5. The first-order valence-electron chi connectivity index (χ1n) is 5.84. The summed E-state index contributed by atoms with van der Waals surface area (Å²) in [5.41, 5.74) is 3.53. The summed E-state index contributed by atoms with van der Waals surface area (Å²) >= 11 is 0. The minimum Gasteiger partial charge on any atom is -0.477 e. The van der Waals surface area contributed by atoms with Crippen molar-refractivity contribution in [2.75, 3.05) is 0 Å². The fourth-order valence-corrected chi connectivity index (χ4v) is 1.98. The number of aromatic carboxylic acids is 1. The first-order chi connectivity index (χ1) is 8.56. The van der Waals surface area contributed by atoms with E-state index in [-0.39, 0.29) is 5.56 Å². The quantitative estimate of drug-likeness (QED) is 0.901. The topological polar surface area (TPSA) is 63.3 Å². The zero-order valence-corrected chi connectivity index (χ0v) is 10.7. The zero-order valence-electron chi connectivity index (χ0n) is 10.7. The number of hydrogen-bond donors (Lipinski definition) is 1. The van der Waals surface area contributed by atoms with Gasteiger partial charge >= 0.3 is 5.97 Å². The highest BCUT2D eigenvalue weighted by molar-refractivity contribution is 5.96. The van der Waals surface area contributed by atoms with Crippen LogP contribution in [0.3, 0.4) is 0 Å². The van der Waals surface area contributed by atoms with Crippen LogP contribution in [0.1, 0.15) is 34.2 Å². The van der Waals surface area contributed by atoms with Crippen LogP contribution in [0.5, 0.6) is 0 Å². The molecule has 0 aliphatic rings. The van der Waals surface area contributed by atoms with E-state index in [1.165, 1.54) is 0 Å². The van der Waals surface area contributed by atoms with Crippen molar-refractivity contribution in [3.8, 4) is 11.3 Å². The van der Waals surface area contributed by atoms with Gasteiger partial charge in [0.25, 0.3) is 0 Å². The molecule has 0 unspecified atom stereocenters. The fourth-order valence-electron chi connectivity index (χ4n) is 1.98. The van der Waals surface area contributed by atoms with Crippen molar-refractivity contribution in [1.82, 2.24) is 5.16 Å². The molecule has 94 valence electrons. The van der Waals surface area contributed by atoms with Gasteiger partial charge in [-0.25, -0.2) is 4.79 Å². The van der Waals surface area contributed by atoms with Gasteiger partial charge in [-0.3, -0.25) is 0 Å². The third-order valence-corrected chi connectivity index (χ3v) is 3.16. The minimum atomic E-state index is -0.996. The van der Waals surface area contributed by atoms with Crippen LogP contribution in [0.4, 0.5) is 0 Å². The number of carboxylic acids is 1. The number of rotatable bonds is 3. The Morgan fingerprint density at radius 2 is 2.11 bits per heavy atom. The van der Waals surface area contributed by atoms with Crippen LogP contribution < -0.4 is 0 Å².